The topological polar surface area (TPSA) is 107 Å². The van der Waals surface area contributed by atoms with Gasteiger partial charge in [-0.15, -0.1) is 0 Å². The number of carbonyl (C=O) groups is 2. The van der Waals surface area contributed by atoms with Crippen LogP contribution >= 0.6 is 0 Å². The van der Waals surface area contributed by atoms with Gasteiger partial charge >= 0.3 is 6.09 Å². The van der Waals surface area contributed by atoms with Crippen molar-refractivity contribution in [3.05, 3.63) is 35.9 Å². The highest BCUT2D eigenvalue weighted by Crippen LogP contribution is 2.31. The van der Waals surface area contributed by atoms with Gasteiger partial charge in [-0.2, -0.15) is 0 Å². The number of carboxylic acid groups (broad SMARTS) is 1. The van der Waals surface area contributed by atoms with Gasteiger partial charge in [-0.05, 0) is 74.8 Å². The Labute approximate surface area is 206 Å². The van der Waals surface area contributed by atoms with Gasteiger partial charge in [0.05, 0.1) is 23.8 Å². The molecule has 3 aliphatic rings. The van der Waals surface area contributed by atoms with E-state index >= 15 is 0 Å². The zero-order valence-electron chi connectivity index (χ0n) is 20.2. The summed E-state index contributed by atoms with van der Waals surface area (Å²) in [4.78, 5) is 31.3. The second-order valence-electron chi connectivity index (χ2n) is 10.4. The van der Waals surface area contributed by atoms with E-state index in [-0.39, 0.29) is 5.91 Å². The van der Waals surface area contributed by atoms with E-state index in [1.807, 2.05) is 30.3 Å². The van der Waals surface area contributed by atoms with Gasteiger partial charge in [0, 0.05) is 31.6 Å². The molecule has 1 saturated carbocycles. The molecule has 3 N–H and O–H groups in total. The molecule has 35 heavy (non-hydrogen) atoms. The normalized spacial score (nSPS) is 24.8. The number of rotatable bonds is 8. The van der Waals surface area contributed by atoms with Gasteiger partial charge in [0.2, 0.25) is 0 Å². The first kappa shape index (κ1) is 23.9. The molecule has 1 aliphatic carbocycles. The second-order valence-corrected chi connectivity index (χ2v) is 10.4. The molecule has 0 bridgehead atoms. The highest BCUT2D eigenvalue weighted by Gasteiger charge is 2.30. The third-order valence-corrected chi connectivity index (χ3v) is 7.94. The molecule has 5 rings (SSSR count). The fourth-order valence-corrected chi connectivity index (χ4v) is 5.69. The summed E-state index contributed by atoms with van der Waals surface area (Å²) >= 11 is 0. The minimum absolute atomic E-state index is 0.0414. The smallest absolute Gasteiger partial charge is 0.404 e. The molecule has 3 heterocycles. The van der Waals surface area contributed by atoms with Crippen molar-refractivity contribution in [2.75, 3.05) is 37.7 Å². The summed E-state index contributed by atoms with van der Waals surface area (Å²) < 4.78 is 5.41. The molecule has 0 spiro atoms. The van der Waals surface area contributed by atoms with Crippen LogP contribution in [0.15, 0.2) is 30.3 Å². The lowest BCUT2D eigenvalue weighted by Crippen LogP contribution is -2.35. The SMILES string of the molecule is O=C(O)NC[C@H]1CC[C@H](CNC(=O)c2cc(N3CCC(CC4CO4)CC3)nc3ccccc23)CC1. The lowest BCUT2D eigenvalue weighted by Gasteiger charge is -2.33. The quantitative estimate of drug-likeness (QED) is 0.492. The zero-order chi connectivity index (χ0) is 24.2. The van der Waals surface area contributed by atoms with Gasteiger partial charge in [0.15, 0.2) is 0 Å². The number of hydrogen-bond donors (Lipinski definition) is 3. The lowest BCUT2D eigenvalue weighted by molar-refractivity contribution is 0.0942. The summed E-state index contributed by atoms with van der Waals surface area (Å²) in [6.45, 7) is 4.02. The predicted molar refractivity (Wildman–Crippen MR) is 135 cm³/mol. The number of para-hydroxylation sites is 1. The maximum atomic E-state index is 13.3. The number of piperidine rings is 1. The number of benzene rings is 1. The Morgan fingerprint density at radius 3 is 2.29 bits per heavy atom. The third-order valence-electron chi connectivity index (χ3n) is 7.94. The minimum Gasteiger partial charge on any atom is -0.465 e. The van der Waals surface area contributed by atoms with Crippen molar-refractivity contribution in [2.45, 2.75) is 51.0 Å². The third kappa shape index (κ3) is 6.23. The summed E-state index contributed by atoms with van der Waals surface area (Å²) in [6, 6.07) is 9.86. The average molecular weight is 481 g/mol. The van der Waals surface area contributed by atoms with E-state index in [9.17, 15) is 9.59 Å². The van der Waals surface area contributed by atoms with Crippen LogP contribution in [0.25, 0.3) is 10.9 Å². The number of carbonyl (C=O) groups excluding carboxylic acids is 1. The number of hydrogen-bond acceptors (Lipinski definition) is 5. The largest absolute Gasteiger partial charge is 0.465 e. The maximum absolute atomic E-state index is 13.3. The van der Waals surface area contributed by atoms with Crippen LogP contribution in [-0.4, -0.2) is 61.0 Å². The Morgan fingerprint density at radius 2 is 1.63 bits per heavy atom. The molecule has 0 radical (unpaired) electrons. The van der Waals surface area contributed by atoms with Gasteiger partial charge < -0.3 is 25.4 Å². The average Bonchev–Trinajstić information content (AvgIpc) is 3.70. The summed E-state index contributed by atoms with van der Waals surface area (Å²) in [5.41, 5.74) is 1.55. The van der Waals surface area contributed by atoms with Crippen LogP contribution in [-0.2, 0) is 4.74 Å². The molecule has 2 aromatic rings. The van der Waals surface area contributed by atoms with Gasteiger partial charge in [0.25, 0.3) is 5.91 Å². The van der Waals surface area contributed by atoms with Crippen LogP contribution < -0.4 is 15.5 Å². The van der Waals surface area contributed by atoms with Gasteiger partial charge in [-0.25, -0.2) is 9.78 Å². The van der Waals surface area contributed by atoms with Crippen LogP contribution in [0.2, 0.25) is 0 Å². The Kier molecular flexibility index (Phi) is 7.37. The molecule has 1 unspecified atom stereocenters. The number of aromatic nitrogens is 1. The van der Waals surface area contributed by atoms with E-state index in [1.165, 1.54) is 6.42 Å². The summed E-state index contributed by atoms with van der Waals surface area (Å²) in [5, 5.41) is 15.4. The molecule has 1 atom stereocenters. The number of nitrogens with zero attached hydrogens (tertiary/aromatic N) is 2. The van der Waals surface area contributed by atoms with E-state index in [0.29, 0.717) is 36.6 Å². The molecule has 1 aromatic heterocycles. The Balaban J connectivity index is 1.20. The summed E-state index contributed by atoms with van der Waals surface area (Å²) in [7, 11) is 0. The molecule has 3 fully saturated rings. The van der Waals surface area contributed by atoms with Crippen LogP contribution in [0, 0.1) is 17.8 Å². The van der Waals surface area contributed by atoms with Crippen molar-refractivity contribution in [1.29, 1.82) is 0 Å². The van der Waals surface area contributed by atoms with E-state index < -0.39 is 6.09 Å². The van der Waals surface area contributed by atoms with Gasteiger partial charge in [0.1, 0.15) is 5.82 Å². The fourth-order valence-electron chi connectivity index (χ4n) is 5.69. The van der Waals surface area contributed by atoms with Crippen molar-refractivity contribution >= 4 is 28.7 Å². The number of fused-ring (bicyclic) bond motifs is 1. The van der Waals surface area contributed by atoms with Crippen LogP contribution in [0.1, 0.15) is 55.3 Å². The van der Waals surface area contributed by atoms with Gasteiger partial charge in [-0.1, -0.05) is 18.2 Å². The number of anilines is 1. The monoisotopic (exact) mass is 480 g/mol. The van der Waals surface area contributed by atoms with Crippen molar-refractivity contribution in [3.8, 4) is 0 Å². The fraction of sp³-hybridized carbons (Fsp3) is 0.593. The Bertz CT molecular complexity index is 1040. The number of ether oxygens (including phenoxy) is 1. The van der Waals surface area contributed by atoms with Crippen molar-refractivity contribution in [1.82, 2.24) is 15.6 Å². The number of pyridine rings is 1. The summed E-state index contributed by atoms with van der Waals surface area (Å²) in [6.07, 6.45) is 6.98. The highest BCUT2D eigenvalue weighted by atomic mass is 16.6. The Morgan fingerprint density at radius 1 is 0.971 bits per heavy atom. The van der Waals surface area contributed by atoms with E-state index in [4.69, 9.17) is 14.8 Å². The molecule has 2 aliphatic heterocycles. The molecule has 188 valence electrons. The Hall–Kier alpha value is -2.87. The number of epoxide rings is 1. The number of amides is 2. The van der Waals surface area contributed by atoms with Crippen molar-refractivity contribution in [2.24, 2.45) is 17.8 Å². The molecular weight excluding hydrogens is 444 g/mol. The van der Waals surface area contributed by atoms with Crippen molar-refractivity contribution < 1.29 is 19.4 Å². The molecular formula is C27H36N4O4. The van der Waals surface area contributed by atoms with Crippen molar-refractivity contribution in [3.63, 3.8) is 0 Å². The highest BCUT2D eigenvalue weighted by molar-refractivity contribution is 6.07. The van der Waals surface area contributed by atoms with E-state index in [0.717, 1.165) is 80.9 Å². The molecule has 2 saturated heterocycles. The standard InChI is InChI=1S/C27H36N4O4/c32-26(28-15-19-5-7-20(8-6-19)16-29-27(33)34)23-14-25(30-24-4-2-1-3-22(23)24)31-11-9-18(10-12-31)13-21-17-35-21/h1-4,14,18-21,29H,5-13,15-17H2,(H,28,32)(H,33,34)/t19-,20-,21?. The minimum atomic E-state index is -0.958. The number of nitrogens with one attached hydrogen (secondary N) is 2. The molecule has 2 amide bonds. The van der Waals surface area contributed by atoms with Gasteiger partial charge in [-0.3, -0.25) is 4.79 Å². The van der Waals surface area contributed by atoms with Crippen LogP contribution in [0.4, 0.5) is 10.6 Å². The first-order valence-electron chi connectivity index (χ1n) is 13.1. The predicted octanol–water partition coefficient (Wildman–Crippen LogP) is 4.04. The molecule has 8 nitrogen and oxygen atoms in total. The lowest BCUT2D eigenvalue weighted by atomic mass is 9.82. The zero-order valence-corrected chi connectivity index (χ0v) is 20.2. The van der Waals surface area contributed by atoms with Crippen LogP contribution in [0.5, 0.6) is 0 Å². The second kappa shape index (κ2) is 10.8. The first-order chi connectivity index (χ1) is 17.0. The van der Waals surface area contributed by atoms with E-state index in [1.54, 1.807) is 0 Å². The maximum Gasteiger partial charge on any atom is 0.404 e. The molecule has 8 heteroatoms. The summed E-state index contributed by atoms with van der Waals surface area (Å²) in [5.74, 6) is 2.39. The molecule has 1 aromatic carbocycles. The van der Waals surface area contributed by atoms with Crippen LogP contribution in [0.3, 0.4) is 0 Å². The first-order valence-corrected chi connectivity index (χ1v) is 13.1. The van der Waals surface area contributed by atoms with E-state index in [2.05, 4.69) is 15.5 Å².